The maximum Gasteiger partial charge on any atom is 0.0473 e. The first-order valence-corrected chi connectivity index (χ1v) is 8.80. The molecule has 0 aromatic heterocycles. The van der Waals surface area contributed by atoms with Gasteiger partial charge in [-0.2, -0.15) is 0 Å². The molecule has 3 rings (SSSR count). The van der Waals surface area contributed by atoms with Crippen LogP contribution in [0, 0.1) is 5.92 Å². The SMILES string of the molecule is NCC(c1cccc(Br)c1)N1CCCC2CCCCC21. The van der Waals surface area contributed by atoms with Gasteiger partial charge in [0.1, 0.15) is 0 Å². The van der Waals surface area contributed by atoms with Crippen molar-refractivity contribution >= 4 is 15.9 Å². The Morgan fingerprint density at radius 1 is 1.20 bits per heavy atom. The van der Waals surface area contributed by atoms with Crippen LogP contribution in [0.5, 0.6) is 0 Å². The van der Waals surface area contributed by atoms with Crippen LogP contribution in [-0.4, -0.2) is 24.0 Å². The summed E-state index contributed by atoms with van der Waals surface area (Å²) in [6.07, 6.45) is 8.39. The highest BCUT2D eigenvalue weighted by Gasteiger charge is 2.36. The molecule has 0 spiro atoms. The molecule has 1 aliphatic heterocycles. The van der Waals surface area contributed by atoms with Crippen molar-refractivity contribution in [2.45, 2.75) is 50.6 Å². The van der Waals surface area contributed by atoms with Gasteiger partial charge in [0.25, 0.3) is 0 Å². The van der Waals surface area contributed by atoms with Gasteiger partial charge in [0, 0.05) is 23.1 Å². The molecule has 0 bridgehead atoms. The number of nitrogens with zero attached hydrogens (tertiary/aromatic N) is 1. The Kier molecular flexibility index (Phi) is 4.79. The van der Waals surface area contributed by atoms with E-state index in [9.17, 15) is 0 Å². The van der Waals surface area contributed by atoms with Crippen LogP contribution in [0.1, 0.15) is 50.1 Å². The lowest BCUT2D eigenvalue weighted by Gasteiger charge is -2.47. The largest absolute Gasteiger partial charge is 0.329 e. The van der Waals surface area contributed by atoms with Crippen molar-refractivity contribution in [2.24, 2.45) is 11.7 Å². The Labute approximate surface area is 130 Å². The summed E-state index contributed by atoms with van der Waals surface area (Å²) in [6.45, 7) is 1.94. The van der Waals surface area contributed by atoms with Crippen LogP contribution in [-0.2, 0) is 0 Å². The normalized spacial score (nSPS) is 28.9. The van der Waals surface area contributed by atoms with E-state index in [1.54, 1.807) is 0 Å². The third-order valence-corrected chi connectivity index (χ3v) is 5.64. The van der Waals surface area contributed by atoms with Crippen molar-refractivity contribution in [2.75, 3.05) is 13.1 Å². The van der Waals surface area contributed by atoms with Crippen molar-refractivity contribution in [3.8, 4) is 0 Å². The molecule has 1 aromatic carbocycles. The minimum Gasteiger partial charge on any atom is -0.329 e. The number of rotatable bonds is 3. The zero-order valence-electron chi connectivity index (χ0n) is 12.1. The number of fused-ring (bicyclic) bond motifs is 1. The Hall–Kier alpha value is -0.380. The summed E-state index contributed by atoms with van der Waals surface area (Å²) >= 11 is 3.59. The molecule has 1 heterocycles. The number of nitrogens with two attached hydrogens (primary N) is 1. The number of hydrogen-bond acceptors (Lipinski definition) is 2. The molecule has 2 nitrogen and oxygen atoms in total. The number of hydrogen-bond donors (Lipinski definition) is 1. The predicted octanol–water partition coefficient (Wildman–Crippen LogP) is 4.10. The van der Waals surface area contributed by atoms with Crippen LogP contribution < -0.4 is 5.73 Å². The van der Waals surface area contributed by atoms with Gasteiger partial charge in [-0.1, -0.05) is 40.9 Å². The second kappa shape index (κ2) is 6.59. The number of piperidine rings is 1. The van der Waals surface area contributed by atoms with Gasteiger partial charge in [-0.25, -0.2) is 0 Å². The summed E-state index contributed by atoms with van der Waals surface area (Å²) in [5, 5.41) is 0. The van der Waals surface area contributed by atoms with Crippen LogP contribution >= 0.6 is 15.9 Å². The lowest BCUT2D eigenvalue weighted by atomic mass is 9.77. The Bertz CT molecular complexity index is 446. The van der Waals surface area contributed by atoms with Crippen molar-refractivity contribution in [3.05, 3.63) is 34.3 Å². The fourth-order valence-electron chi connectivity index (χ4n) is 4.23. The Morgan fingerprint density at radius 3 is 2.80 bits per heavy atom. The smallest absolute Gasteiger partial charge is 0.0473 e. The summed E-state index contributed by atoms with van der Waals surface area (Å²) in [5.74, 6) is 0.915. The van der Waals surface area contributed by atoms with Gasteiger partial charge in [0.15, 0.2) is 0 Å². The predicted molar refractivity (Wildman–Crippen MR) is 87.6 cm³/mol. The van der Waals surface area contributed by atoms with E-state index in [2.05, 4.69) is 45.1 Å². The van der Waals surface area contributed by atoms with Gasteiger partial charge in [0.2, 0.25) is 0 Å². The first-order chi connectivity index (χ1) is 9.79. The first-order valence-electron chi connectivity index (χ1n) is 8.01. The average Bonchev–Trinajstić information content (AvgIpc) is 2.48. The highest BCUT2D eigenvalue weighted by Crippen LogP contribution is 2.39. The Balaban J connectivity index is 1.84. The standard InChI is InChI=1S/C17H25BrN2/c18-15-8-3-6-14(11-15)17(12-19)20-10-4-7-13-5-1-2-9-16(13)20/h3,6,8,11,13,16-17H,1-2,4-5,7,9-10,12,19H2. The molecule has 0 radical (unpaired) electrons. The van der Waals surface area contributed by atoms with Gasteiger partial charge in [-0.15, -0.1) is 0 Å². The van der Waals surface area contributed by atoms with Gasteiger partial charge >= 0.3 is 0 Å². The van der Waals surface area contributed by atoms with Crippen LogP contribution in [0.2, 0.25) is 0 Å². The van der Waals surface area contributed by atoms with Gasteiger partial charge < -0.3 is 5.73 Å². The zero-order valence-corrected chi connectivity index (χ0v) is 13.7. The molecule has 20 heavy (non-hydrogen) atoms. The molecule has 1 aliphatic carbocycles. The number of benzene rings is 1. The highest BCUT2D eigenvalue weighted by molar-refractivity contribution is 9.10. The van der Waals surface area contributed by atoms with Crippen LogP contribution in [0.15, 0.2) is 28.7 Å². The van der Waals surface area contributed by atoms with Crippen molar-refractivity contribution in [3.63, 3.8) is 0 Å². The maximum absolute atomic E-state index is 6.15. The molecule has 0 amide bonds. The lowest BCUT2D eigenvalue weighted by Crippen LogP contribution is -2.49. The molecule has 1 saturated heterocycles. The minimum atomic E-state index is 0.387. The molecule has 1 saturated carbocycles. The van der Waals surface area contributed by atoms with Gasteiger partial charge in [0.05, 0.1) is 0 Å². The number of likely N-dealkylation sites (tertiary alicyclic amines) is 1. The summed E-state index contributed by atoms with van der Waals surface area (Å²) in [5.41, 5.74) is 7.52. The molecule has 2 fully saturated rings. The molecule has 3 unspecified atom stereocenters. The molecule has 110 valence electrons. The lowest BCUT2D eigenvalue weighted by molar-refractivity contribution is 0.0276. The fourth-order valence-corrected chi connectivity index (χ4v) is 4.64. The molecule has 2 aliphatic rings. The van der Waals surface area contributed by atoms with E-state index in [1.807, 2.05) is 0 Å². The second-order valence-corrected chi connectivity index (χ2v) is 7.21. The molecule has 3 atom stereocenters. The quantitative estimate of drug-likeness (QED) is 0.900. The van der Waals surface area contributed by atoms with Gasteiger partial charge in [-0.3, -0.25) is 4.90 Å². The van der Waals surface area contributed by atoms with Crippen molar-refractivity contribution < 1.29 is 0 Å². The maximum atomic E-state index is 6.15. The van der Waals surface area contributed by atoms with Gasteiger partial charge in [-0.05, 0) is 55.8 Å². The average molecular weight is 337 g/mol. The van der Waals surface area contributed by atoms with E-state index in [1.165, 1.54) is 50.6 Å². The molecular formula is C17H25BrN2. The van der Waals surface area contributed by atoms with Crippen molar-refractivity contribution in [1.82, 2.24) is 4.90 Å². The Morgan fingerprint density at radius 2 is 2.00 bits per heavy atom. The third-order valence-electron chi connectivity index (χ3n) is 5.14. The van der Waals surface area contributed by atoms with Crippen LogP contribution in [0.3, 0.4) is 0 Å². The molecule has 2 N–H and O–H groups in total. The summed E-state index contributed by atoms with van der Waals surface area (Å²) in [4.78, 5) is 2.72. The molecule has 3 heteroatoms. The van der Waals surface area contributed by atoms with E-state index >= 15 is 0 Å². The van der Waals surface area contributed by atoms with E-state index in [0.717, 1.165) is 23.0 Å². The van der Waals surface area contributed by atoms with E-state index in [-0.39, 0.29) is 0 Å². The molecular weight excluding hydrogens is 312 g/mol. The topological polar surface area (TPSA) is 29.3 Å². The third kappa shape index (κ3) is 2.95. The van der Waals surface area contributed by atoms with Crippen LogP contribution in [0.25, 0.3) is 0 Å². The van der Waals surface area contributed by atoms with E-state index in [4.69, 9.17) is 5.73 Å². The second-order valence-electron chi connectivity index (χ2n) is 6.30. The highest BCUT2D eigenvalue weighted by atomic mass is 79.9. The molecule has 1 aromatic rings. The minimum absolute atomic E-state index is 0.387. The fraction of sp³-hybridized carbons (Fsp3) is 0.647. The zero-order chi connectivity index (χ0) is 13.9. The van der Waals surface area contributed by atoms with E-state index in [0.29, 0.717) is 6.04 Å². The van der Waals surface area contributed by atoms with Crippen molar-refractivity contribution in [1.29, 1.82) is 0 Å². The van der Waals surface area contributed by atoms with Crippen LogP contribution in [0.4, 0.5) is 0 Å². The van der Waals surface area contributed by atoms with E-state index < -0.39 is 0 Å². The first kappa shape index (κ1) is 14.6. The summed E-state index contributed by atoms with van der Waals surface area (Å²) in [7, 11) is 0. The number of halogens is 1. The summed E-state index contributed by atoms with van der Waals surface area (Å²) < 4.78 is 1.16. The monoisotopic (exact) mass is 336 g/mol. The summed E-state index contributed by atoms with van der Waals surface area (Å²) in [6, 6.07) is 9.85.